The van der Waals surface area contributed by atoms with Crippen LogP contribution < -0.4 is 5.32 Å². The minimum Gasteiger partial charge on any atom is -0.374 e. The Labute approximate surface area is 149 Å². The molecule has 0 aliphatic rings. The van der Waals surface area contributed by atoms with Crippen LogP contribution in [0.1, 0.15) is 39.9 Å². The maximum atomic E-state index is 12.1. The maximum absolute atomic E-state index is 12.1. The van der Waals surface area contributed by atoms with Crippen molar-refractivity contribution in [3.63, 3.8) is 0 Å². The third-order valence-corrected chi connectivity index (χ3v) is 6.65. The van der Waals surface area contributed by atoms with Crippen LogP contribution in [0.5, 0.6) is 0 Å². The fourth-order valence-corrected chi connectivity index (χ4v) is 5.09. The van der Waals surface area contributed by atoms with E-state index in [1.54, 1.807) is 0 Å². The van der Waals surface area contributed by atoms with Gasteiger partial charge in [-0.2, -0.15) is 4.68 Å². The van der Waals surface area contributed by atoms with Gasteiger partial charge in [0.15, 0.2) is 0 Å². The van der Waals surface area contributed by atoms with Gasteiger partial charge < -0.3 is 18.6 Å². The fraction of sp³-hybridized carbons (Fsp3) is 0.786. The van der Waals surface area contributed by atoms with Gasteiger partial charge in [-0.05, 0) is 39.4 Å². The molecule has 1 amide bonds. The maximum Gasteiger partial charge on any atom is 0.500 e. The van der Waals surface area contributed by atoms with Crippen LogP contribution in [-0.2, 0) is 19.7 Å². The Morgan fingerprint density at radius 2 is 1.79 bits per heavy atom. The first-order chi connectivity index (χ1) is 11.5. The molecule has 138 valence electrons. The molecule has 0 atom stereocenters. The van der Waals surface area contributed by atoms with Crippen LogP contribution in [-0.4, -0.2) is 56.0 Å². The molecule has 8 nitrogen and oxygen atoms in total. The van der Waals surface area contributed by atoms with Crippen LogP contribution >= 0.6 is 12.2 Å². The number of aromatic amines is 1. The Hall–Kier alpha value is -1.07. The summed E-state index contributed by atoms with van der Waals surface area (Å²) in [6, 6.07) is 0.334. The molecular weight excluding hydrogens is 348 g/mol. The zero-order valence-electron chi connectivity index (χ0n) is 14.9. The zero-order chi connectivity index (χ0) is 18.0. The summed E-state index contributed by atoms with van der Waals surface area (Å²) in [6.07, 6.45) is 1.38. The minimum atomic E-state index is -2.66. The molecule has 0 bridgehead atoms. The monoisotopic (exact) mass is 376 g/mol. The molecular formula is C14H28N4O4SSi. The average Bonchev–Trinajstić information content (AvgIpc) is 2.93. The van der Waals surface area contributed by atoms with Gasteiger partial charge in [0, 0.05) is 38.8 Å². The number of nitrogens with one attached hydrogen (secondary N) is 2. The largest absolute Gasteiger partial charge is 0.500 e. The van der Waals surface area contributed by atoms with E-state index in [-0.39, 0.29) is 10.8 Å². The van der Waals surface area contributed by atoms with Gasteiger partial charge in [0.1, 0.15) is 5.82 Å². The predicted molar refractivity (Wildman–Crippen MR) is 95.6 cm³/mol. The first-order valence-electron chi connectivity index (χ1n) is 8.39. The van der Waals surface area contributed by atoms with Crippen LogP contribution in [0, 0.1) is 4.77 Å². The number of amides is 1. The molecule has 0 saturated heterocycles. The Morgan fingerprint density at radius 1 is 1.21 bits per heavy atom. The van der Waals surface area contributed by atoms with E-state index in [1.165, 1.54) is 4.68 Å². The molecule has 0 spiro atoms. The summed E-state index contributed by atoms with van der Waals surface area (Å²) in [7, 11) is -2.66. The van der Waals surface area contributed by atoms with Crippen molar-refractivity contribution in [1.29, 1.82) is 0 Å². The van der Waals surface area contributed by atoms with E-state index in [0.717, 1.165) is 0 Å². The number of nitrogens with zero attached hydrogens (tertiary/aromatic N) is 2. The summed E-state index contributed by atoms with van der Waals surface area (Å²) >= 11 is 5.06. The van der Waals surface area contributed by atoms with E-state index in [2.05, 4.69) is 15.4 Å². The van der Waals surface area contributed by atoms with Gasteiger partial charge in [-0.25, -0.2) is 9.78 Å². The molecule has 1 aromatic heterocycles. The highest BCUT2D eigenvalue weighted by molar-refractivity contribution is 7.71. The molecule has 0 radical (unpaired) electrons. The molecule has 0 aromatic carbocycles. The van der Waals surface area contributed by atoms with Crippen molar-refractivity contribution in [2.75, 3.05) is 26.4 Å². The van der Waals surface area contributed by atoms with E-state index in [0.29, 0.717) is 51.1 Å². The van der Waals surface area contributed by atoms with Crippen molar-refractivity contribution in [3.05, 3.63) is 10.6 Å². The lowest BCUT2D eigenvalue weighted by Crippen LogP contribution is -2.46. The molecule has 2 N–H and O–H groups in total. The van der Waals surface area contributed by atoms with E-state index in [4.69, 9.17) is 25.5 Å². The lowest BCUT2D eigenvalue weighted by molar-refractivity contribution is 0.0708. The number of carbonyl (C=O) groups excluding carboxylic acids is 1. The number of aromatic nitrogens is 3. The lowest BCUT2D eigenvalue weighted by atomic mass is 10.5. The van der Waals surface area contributed by atoms with Crippen molar-refractivity contribution < 1.29 is 18.1 Å². The topological polar surface area (TPSA) is 90.4 Å². The summed E-state index contributed by atoms with van der Waals surface area (Å²) in [5.41, 5.74) is 0. The molecule has 0 saturated carbocycles. The van der Waals surface area contributed by atoms with Gasteiger partial charge >= 0.3 is 14.8 Å². The van der Waals surface area contributed by atoms with Gasteiger partial charge in [0.05, 0.1) is 0 Å². The van der Waals surface area contributed by atoms with Crippen LogP contribution in [0.2, 0.25) is 6.04 Å². The Bertz CT molecular complexity index is 546. The Morgan fingerprint density at radius 3 is 2.25 bits per heavy atom. The molecule has 1 aromatic rings. The van der Waals surface area contributed by atoms with Crippen LogP contribution in [0.4, 0.5) is 4.79 Å². The standard InChI is InChI=1S/C14H28N4O4SSi/c1-5-12-16-14(23)18(17-12)13(19)15-10-9-11-24(20-6-2,21-7-3)22-8-4/h5-11H2,1-4H3,(H,15,19)(H,16,17,23). The average molecular weight is 377 g/mol. The summed E-state index contributed by atoms with van der Waals surface area (Å²) in [4.78, 5) is 16.2. The summed E-state index contributed by atoms with van der Waals surface area (Å²) in [5.74, 6) is 0.686. The normalized spacial score (nSPS) is 11.7. The molecule has 1 heterocycles. The molecule has 0 unspecified atom stereocenters. The summed E-state index contributed by atoms with van der Waals surface area (Å²) < 4.78 is 18.8. The quantitative estimate of drug-likeness (QED) is 0.350. The van der Waals surface area contributed by atoms with E-state index >= 15 is 0 Å². The highest BCUT2D eigenvalue weighted by Crippen LogP contribution is 2.17. The van der Waals surface area contributed by atoms with Crippen LogP contribution in [0.25, 0.3) is 0 Å². The smallest absolute Gasteiger partial charge is 0.374 e. The van der Waals surface area contributed by atoms with Gasteiger partial charge in [-0.3, -0.25) is 5.10 Å². The van der Waals surface area contributed by atoms with Crippen molar-refractivity contribution in [2.45, 2.75) is 46.6 Å². The first-order valence-corrected chi connectivity index (χ1v) is 10.7. The number of hydrogen-bond donors (Lipinski definition) is 2. The van der Waals surface area contributed by atoms with E-state index in [9.17, 15) is 4.79 Å². The fourth-order valence-electron chi connectivity index (χ4n) is 2.24. The third kappa shape index (κ3) is 6.09. The molecule has 0 aliphatic carbocycles. The highest BCUT2D eigenvalue weighted by atomic mass is 32.1. The number of aryl methyl sites for hydroxylation is 1. The summed E-state index contributed by atoms with van der Waals surface area (Å²) in [6.45, 7) is 9.82. The van der Waals surface area contributed by atoms with Crippen LogP contribution in [0.15, 0.2) is 0 Å². The number of carbonyl (C=O) groups is 1. The van der Waals surface area contributed by atoms with Crippen molar-refractivity contribution in [3.8, 4) is 0 Å². The Balaban J connectivity index is 2.53. The first kappa shape index (κ1) is 21.0. The molecule has 10 heteroatoms. The van der Waals surface area contributed by atoms with Gasteiger partial charge in [-0.1, -0.05) is 6.92 Å². The number of rotatable bonds is 11. The lowest BCUT2D eigenvalue weighted by Gasteiger charge is -2.28. The van der Waals surface area contributed by atoms with Crippen molar-refractivity contribution in [1.82, 2.24) is 20.1 Å². The van der Waals surface area contributed by atoms with Gasteiger partial charge in [0.25, 0.3) is 0 Å². The van der Waals surface area contributed by atoms with Gasteiger partial charge in [-0.15, -0.1) is 0 Å². The number of hydrogen-bond acceptors (Lipinski definition) is 6. The van der Waals surface area contributed by atoms with Crippen molar-refractivity contribution >= 4 is 27.1 Å². The van der Waals surface area contributed by atoms with Crippen molar-refractivity contribution in [2.24, 2.45) is 0 Å². The predicted octanol–water partition coefficient (Wildman–Crippen LogP) is 2.50. The third-order valence-electron chi connectivity index (χ3n) is 3.23. The zero-order valence-corrected chi connectivity index (χ0v) is 16.7. The second-order valence-corrected chi connectivity index (χ2v) is 8.06. The second kappa shape index (κ2) is 10.7. The molecule has 0 aliphatic heterocycles. The summed E-state index contributed by atoms with van der Waals surface area (Å²) in [5, 5.41) is 5.69. The number of H-pyrrole nitrogens is 1. The molecule has 24 heavy (non-hydrogen) atoms. The van der Waals surface area contributed by atoms with E-state index in [1.807, 2.05) is 27.7 Å². The molecule has 1 rings (SSSR count). The minimum absolute atomic E-state index is 0.228. The van der Waals surface area contributed by atoms with Crippen LogP contribution in [0.3, 0.4) is 0 Å². The second-order valence-electron chi connectivity index (χ2n) is 4.96. The van der Waals surface area contributed by atoms with Gasteiger partial charge in [0.2, 0.25) is 4.77 Å². The van der Waals surface area contributed by atoms with E-state index < -0.39 is 8.80 Å². The Kier molecular flexibility index (Phi) is 9.37. The SMILES string of the molecule is CCO[Si](CCCNC(=O)n1[nH]c(CC)nc1=S)(OCC)OCC. The molecule has 0 fully saturated rings. The highest BCUT2D eigenvalue weighted by Gasteiger charge is 2.39.